The fourth-order valence-corrected chi connectivity index (χ4v) is 1.44. The maximum atomic E-state index is 9.98. The van der Waals surface area contributed by atoms with Crippen LogP contribution in [0.1, 0.15) is 0 Å². The molecule has 0 spiro atoms. The number of hydrogen-bond donors (Lipinski definition) is 3. The molecule has 0 atom stereocenters. The lowest BCUT2D eigenvalue weighted by molar-refractivity contribution is -0.108. The number of rotatable bonds is 6. The summed E-state index contributed by atoms with van der Waals surface area (Å²) in [5.41, 5.74) is 0. The highest BCUT2D eigenvalue weighted by atomic mass is 28.4. The van der Waals surface area contributed by atoms with Crippen molar-refractivity contribution in [2.75, 3.05) is 0 Å². The molecule has 0 aromatic carbocycles. The SMILES string of the molecule is C[Si](NC=O)(NC=O)NC=O. The predicted molar refractivity (Wildman–Crippen MR) is 39.2 cm³/mol. The van der Waals surface area contributed by atoms with Gasteiger partial charge in [0.05, 0.1) is 0 Å². The average Bonchev–Trinajstić information content (AvgIpc) is 1.88. The molecular weight excluding hydrogens is 166 g/mol. The summed E-state index contributed by atoms with van der Waals surface area (Å²) >= 11 is 0. The summed E-state index contributed by atoms with van der Waals surface area (Å²) in [6.07, 6.45) is 1.29. The smallest absolute Gasteiger partial charge is 0.351 e. The van der Waals surface area contributed by atoms with E-state index in [1.165, 1.54) is 0 Å². The predicted octanol–water partition coefficient (Wildman–Crippen LogP) is -2.21. The van der Waals surface area contributed by atoms with Gasteiger partial charge in [-0.2, -0.15) is 0 Å². The molecule has 11 heavy (non-hydrogen) atoms. The number of hydrogen-bond acceptors (Lipinski definition) is 3. The maximum Gasteiger partial charge on any atom is 0.374 e. The van der Waals surface area contributed by atoms with Gasteiger partial charge in [0.1, 0.15) is 0 Å². The van der Waals surface area contributed by atoms with Crippen molar-refractivity contribution in [2.45, 2.75) is 6.55 Å². The minimum atomic E-state index is -2.60. The van der Waals surface area contributed by atoms with Crippen LogP contribution in [-0.4, -0.2) is 27.8 Å². The molecule has 0 aromatic rings. The summed E-state index contributed by atoms with van der Waals surface area (Å²) in [6.45, 7) is 1.56. The van der Waals surface area contributed by atoms with Gasteiger partial charge in [0, 0.05) is 0 Å². The molecule has 3 amide bonds. The maximum absolute atomic E-state index is 9.98. The number of carbonyl (C=O) groups excluding carboxylic acids is 3. The van der Waals surface area contributed by atoms with Crippen molar-refractivity contribution in [3.8, 4) is 0 Å². The highest BCUT2D eigenvalue weighted by Gasteiger charge is 2.26. The summed E-state index contributed by atoms with van der Waals surface area (Å²) < 4.78 is 0. The van der Waals surface area contributed by atoms with Gasteiger partial charge in [-0.15, -0.1) is 0 Å². The standard InChI is InChI=1S/C4H9N3O3Si/c1-11(5-2-8,6-3-9)7-4-10/h2-4H,1H3,(H,5,8)(H,6,9)(H,7,10). The van der Waals surface area contributed by atoms with Crippen molar-refractivity contribution < 1.29 is 14.4 Å². The van der Waals surface area contributed by atoms with E-state index in [4.69, 9.17) is 0 Å². The van der Waals surface area contributed by atoms with Gasteiger partial charge in [0.2, 0.25) is 19.2 Å². The Kier molecular flexibility index (Phi) is 3.89. The second-order valence-electron chi connectivity index (χ2n) is 1.91. The van der Waals surface area contributed by atoms with Crippen molar-refractivity contribution in [3.63, 3.8) is 0 Å². The number of carbonyl (C=O) groups is 3. The average molecular weight is 175 g/mol. The first-order chi connectivity index (χ1) is 5.18. The molecule has 3 N–H and O–H groups in total. The second-order valence-corrected chi connectivity index (χ2v) is 5.03. The Hall–Kier alpha value is -1.37. The van der Waals surface area contributed by atoms with E-state index in [9.17, 15) is 14.4 Å². The van der Waals surface area contributed by atoms with Crippen LogP contribution in [0.15, 0.2) is 0 Å². The number of nitrogens with one attached hydrogen (secondary N) is 3. The molecule has 0 heterocycles. The van der Waals surface area contributed by atoms with Gasteiger partial charge in [-0.1, -0.05) is 0 Å². The zero-order valence-electron chi connectivity index (χ0n) is 5.96. The number of amides is 3. The molecule has 0 unspecified atom stereocenters. The minimum absolute atomic E-state index is 0.430. The van der Waals surface area contributed by atoms with Crippen molar-refractivity contribution in [1.82, 2.24) is 14.9 Å². The van der Waals surface area contributed by atoms with E-state index < -0.39 is 8.56 Å². The first-order valence-corrected chi connectivity index (χ1v) is 5.32. The highest BCUT2D eigenvalue weighted by molar-refractivity contribution is 6.76. The first kappa shape index (κ1) is 9.63. The molecule has 0 bridgehead atoms. The van der Waals surface area contributed by atoms with Gasteiger partial charge in [0.15, 0.2) is 0 Å². The van der Waals surface area contributed by atoms with Crippen LogP contribution >= 0.6 is 0 Å². The fourth-order valence-electron chi connectivity index (χ4n) is 0.479. The normalized spacial score (nSPS) is 9.55. The molecule has 0 aliphatic heterocycles. The van der Waals surface area contributed by atoms with Gasteiger partial charge >= 0.3 is 8.56 Å². The summed E-state index contributed by atoms with van der Waals surface area (Å²) in [4.78, 5) is 36.9. The molecule has 0 aliphatic rings. The van der Waals surface area contributed by atoms with Gasteiger partial charge in [-0.05, 0) is 6.55 Å². The minimum Gasteiger partial charge on any atom is -0.351 e. The zero-order valence-corrected chi connectivity index (χ0v) is 6.96. The van der Waals surface area contributed by atoms with Crippen LogP contribution in [0.3, 0.4) is 0 Å². The molecule has 6 nitrogen and oxygen atoms in total. The quantitative estimate of drug-likeness (QED) is 0.316. The molecule has 0 rings (SSSR count). The fraction of sp³-hybridized carbons (Fsp3) is 0.250. The molecule has 0 saturated carbocycles. The molecule has 0 saturated heterocycles. The van der Waals surface area contributed by atoms with Gasteiger partial charge < -0.3 is 14.9 Å². The Morgan fingerprint density at radius 3 is 1.36 bits per heavy atom. The highest BCUT2D eigenvalue weighted by Crippen LogP contribution is 1.80. The Morgan fingerprint density at radius 1 is 0.909 bits per heavy atom. The Labute approximate surface area is 64.6 Å². The summed E-state index contributed by atoms with van der Waals surface area (Å²) in [5.74, 6) is 0. The van der Waals surface area contributed by atoms with E-state index >= 15 is 0 Å². The van der Waals surface area contributed by atoms with Crippen molar-refractivity contribution >= 4 is 27.8 Å². The van der Waals surface area contributed by atoms with Crippen molar-refractivity contribution in [1.29, 1.82) is 0 Å². The molecule has 0 radical (unpaired) electrons. The van der Waals surface area contributed by atoms with Crippen LogP contribution in [0.4, 0.5) is 0 Å². The van der Waals surface area contributed by atoms with Crippen LogP contribution < -0.4 is 14.9 Å². The lowest BCUT2D eigenvalue weighted by Gasteiger charge is -2.22. The topological polar surface area (TPSA) is 87.3 Å². The lowest BCUT2D eigenvalue weighted by atomic mass is 11.5. The molecular formula is C4H9N3O3Si. The van der Waals surface area contributed by atoms with E-state index in [2.05, 4.69) is 14.9 Å². The molecule has 7 heteroatoms. The third kappa shape index (κ3) is 3.35. The third-order valence-corrected chi connectivity index (χ3v) is 3.13. The van der Waals surface area contributed by atoms with Crippen molar-refractivity contribution in [2.24, 2.45) is 0 Å². The van der Waals surface area contributed by atoms with Crippen LogP contribution in [0.25, 0.3) is 0 Å². The summed E-state index contributed by atoms with van der Waals surface area (Å²) in [7, 11) is -2.60. The molecule has 62 valence electrons. The van der Waals surface area contributed by atoms with Gasteiger partial charge in [-0.3, -0.25) is 14.4 Å². The Balaban J connectivity index is 4.09. The van der Waals surface area contributed by atoms with Crippen LogP contribution in [-0.2, 0) is 14.4 Å². The summed E-state index contributed by atoms with van der Waals surface area (Å²) in [6, 6.07) is 0. The van der Waals surface area contributed by atoms with Crippen LogP contribution in [0, 0.1) is 0 Å². The molecule has 0 aromatic heterocycles. The van der Waals surface area contributed by atoms with Gasteiger partial charge in [0.25, 0.3) is 0 Å². The van der Waals surface area contributed by atoms with Crippen LogP contribution in [0.2, 0.25) is 6.55 Å². The largest absolute Gasteiger partial charge is 0.374 e. The molecule has 0 fully saturated rings. The Bertz CT molecular complexity index is 136. The van der Waals surface area contributed by atoms with E-state index in [1.807, 2.05) is 0 Å². The van der Waals surface area contributed by atoms with Crippen molar-refractivity contribution in [3.05, 3.63) is 0 Å². The van der Waals surface area contributed by atoms with E-state index in [1.54, 1.807) is 6.55 Å². The third-order valence-electron chi connectivity index (χ3n) is 1.04. The van der Waals surface area contributed by atoms with E-state index in [-0.39, 0.29) is 0 Å². The molecule has 0 aliphatic carbocycles. The summed E-state index contributed by atoms with van der Waals surface area (Å²) in [5, 5.41) is 0. The zero-order chi connectivity index (χ0) is 8.74. The monoisotopic (exact) mass is 175 g/mol. The van der Waals surface area contributed by atoms with Crippen LogP contribution in [0.5, 0.6) is 0 Å². The lowest BCUT2D eigenvalue weighted by Crippen LogP contribution is -2.69. The van der Waals surface area contributed by atoms with Gasteiger partial charge in [-0.25, -0.2) is 0 Å². The first-order valence-electron chi connectivity index (χ1n) is 2.82. The van der Waals surface area contributed by atoms with E-state index in [0.29, 0.717) is 19.2 Å². The van der Waals surface area contributed by atoms with E-state index in [0.717, 1.165) is 0 Å². The second kappa shape index (κ2) is 4.44. The Morgan fingerprint density at radius 2 is 1.18 bits per heavy atom.